The van der Waals surface area contributed by atoms with Gasteiger partial charge in [-0.25, -0.2) is 8.42 Å². The number of benzene rings is 2. The average Bonchev–Trinajstić information content (AvgIpc) is 3.33. The molecule has 1 saturated heterocycles. The van der Waals surface area contributed by atoms with Crippen LogP contribution >= 0.6 is 0 Å². The maximum Gasteiger partial charge on any atom is 0.416 e. The number of carbonyl (C=O) groups excluding carboxylic acids is 2. The number of sulfonamides is 1. The van der Waals surface area contributed by atoms with Crippen LogP contribution in [0.2, 0.25) is 0 Å². The second kappa shape index (κ2) is 9.92. The Balaban J connectivity index is 1.56. The van der Waals surface area contributed by atoms with Gasteiger partial charge in [0, 0.05) is 25.1 Å². The van der Waals surface area contributed by atoms with E-state index in [2.05, 4.69) is 10.9 Å². The molecule has 0 spiro atoms. The molecule has 1 unspecified atom stereocenters. The van der Waals surface area contributed by atoms with E-state index >= 15 is 0 Å². The number of hydrogen-bond acceptors (Lipinski definition) is 4. The van der Waals surface area contributed by atoms with Crippen LogP contribution in [0.1, 0.15) is 53.6 Å². The van der Waals surface area contributed by atoms with Gasteiger partial charge in [0.15, 0.2) is 0 Å². The van der Waals surface area contributed by atoms with E-state index in [4.69, 9.17) is 0 Å². The van der Waals surface area contributed by atoms with Gasteiger partial charge in [-0.3, -0.25) is 20.4 Å². The van der Waals surface area contributed by atoms with Crippen LogP contribution in [0.15, 0.2) is 53.4 Å². The minimum atomic E-state index is -4.44. The summed E-state index contributed by atoms with van der Waals surface area (Å²) in [4.78, 5) is 24.6. The number of amides is 2. The molecule has 2 aromatic carbocycles. The summed E-state index contributed by atoms with van der Waals surface area (Å²) in [6.07, 6.45) is -2.93. The molecule has 7 nitrogen and oxygen atoms in total. The van der Waals surface area contributed by atoms with Gasteiger partial charge in [-0.1, -0.05) is 25.1 Å². The van der Waals surface area contributed by atoms with Crippen LogP contribution in [0.5, 0.6) is 0 Å². The summed E-state index contributed by atoms with van der Waals surface area (Å²) >= 11 is 0. The van der Waals surface area contributed by atoms with E-state index in [0.29, 0.717) is 18.7 Å². The number of nitrogens with one attached hydrogen (secondary N) is 2. The molecule has 0 aliphatic carbocycles. The summed E-state index contributed by atoms with van der Waals surface area (Å²) < 4.78 is 64.7. The Labute approximate surface area is 190 Å². The number of rotatable bonds is 6. The largest absolute Gasteiger partial charge is 0.416 e. The molecule has 1 atom stereocenters. The smallest absolute Gasteiger partial charge is 0.273 e. The lowest BCUT2D eigenvalue weighted by Crippen LogP contribution is -2.42. The Morgan fingerprint density at radius 1 is 1.03 bits per heavy atom. The van der Waals surface area contributed by atoms with Crippen LogP contribution < -0.4 is 10.9 Å². The van der Waals surface area contributed by atoms with Crippen molar-refractivity contribution in [3.8, 4) is 0 Å². The highest BCUT2D eigenvalue weighted by atomic mass is 32.2. The molecule has 0 saturated carbocycles. The summed E-state index contributed by atoms with van der Waals surface area (Å²) in [5, 5.41) is 0. The lowest BCUT2D eigenvalue weighted by Gasteiger charge is -2.16. The SMILES string of the molecule is CC(CC(=O)NNC(=O)c1cccc(S(=O)(=O)N2CCCC2)c1)c1ccc(C(F)(F)F)cc1. The van der Waals surface area contributed by atoms with Gasteiger partial charge in [0.2, 0.25) is 15.9 Å². The molecular weight excluding hydrogens is 459 g/mol. The van der Waals surface area contributed by atoms with Gasteiger partial charge in [-0.05, 0) is 54.7 Å². The third-order valence-electron chi connectivity index (χ3n) is 5.41. The van der Waals surface area contributed by atoms with Crippen LogP contribution in [0, 0.1) is 0 Å². The highest BCUT2D eigenvalue weighted by Crippen LogP contribution is 2.30. The molecular formula is C22H24F3N3O4S. The molecule has 3 rings (SSSR count). The summed E-state index contributed by atoms with van der Waals surface area (Å²) in [5.74, 6) is -1.63. The van der Waals surface area contributed by atoms with Crippen molar-refractivity contribution < 1.29 is 31.2 Å². The fraction of sp³-hybridized carbons (Fsp3) is 0.364. The van der Waals surface area contributed by atoms with Crippen molar-refractivity contribution >= 4 is 21.8 Å². The first-order valence-electron chi connectivity index (χ1n) is 10.3. The lowest BCUT2D eigenvalue weighted by molar-refractivity contribution is -0.137. The third kappa shape index (κ3) is 6.11. The summed E-state index contributed by atoms with van der Waals surface area (Å²) in [5.41, 5.74) is 4.32. The second-order valence-corrected chi connectivity index (χ2v) is 9.80. The van der Waals surface area contributed by atoms with E-state index in [9.17, 15) is 31.2 Å². The zero-order valence-corrected chi connectivity index (χ0v) is 18.7. The first-order chi connectivity index (χ1) is 15.5. The van der Waals surface area contributed by atoms with E-state index in [1.165, 1.54) is 40.7 Å². The minimum Gasteiger partial charge on any atom is -0.273 e. The van der Waals surface area contributed by atoms with E-state index in [-0.39, 0.29) is 16.9 Å². The quantitative estimate of drug-likeness (QED) is 0.616. The molecule has 2 amide bonds. The maximum absolute atomic E-state index is 12.7. The van der Waals surface area contributed by atoms with Crippen molar-refractivity contribution in [2.45, 2.75) is 43.2 Å². The summed E-state index contributed by atoms with van der Waals surface area (Å²) in [7, 11) is -3.69. The van der Waals surface area contributed by atoms with E-state index in [1.807, 2.05) is 0 Å². The van der Waals surface area contributed by atoms with E-state index in [1.54, 1.807) is 6.92 Å². The first-order valence-corrected chi connectivity index (χ1v) is 11.8. The van der Waals surface area contributed by atoms with Gasteiger partial charge in [0.25, 0.3) is 5.91 Å². The molecule has 1 aliphatic heterocycles. The van der Waals surface area contributed by atoms with Gasteiger partial charge in [0.1, 0.15) is 0 Å². The van der Waals surface area contributed by atoms with Crippen LogP contribution in [-0.2, 0) is 21.0 Å². The standard InChI is InChI=1S/C22H24F3N3O4S/c1-15(16-7-9-18(10-8-16)22(23,24)25)13-20(29)26-27-21(30)17-5-4-6-19(14-17)33(31,32)28-11-2-3-12-28/h4-10,14-15H,2-3,11-13H2,1H3,(H,26,29)(H,27,30). The van der Waals surface area contributed by atoms with Crippen molar-refractivity contribution in [1.29, 1.82) is 0 Å². The molecule has 11 heteroatoms. The predicted octanol–water partition coefficient (Wildman–Crippen LogP) is 3.44. The highest BCUT2D eigenvalue weighted by molar-refractivity contribution is 7.89. The molecule has 2 aromatic rings. The van der Waals surface area contributed by atoms with Gasteiger partial charge in [-0.2, -0.15) is 17.5 Å². The van der Waals surface area contributed by atoms with Crippen LogP contribution in [0.25, 0.3) is 0 Å². The van der Waals surface area contributed by atoms with Crippen molar-refractivity contribution in [3.63, 3.8) is 0 Å². The second-order valence-electron chi connectivity index (χ2n) is 7.87. The summed E-state index contributed by atoms with van der Waals surface area (Å²) in [6.45, 7) is 2.55. The normalized spacial score (nSPS) is 15.8. The fourth-order valence-corrected chi connectivity index (χ4v) is 5.09. The maximum atomic E-state index is 12.7. The number of halogens is 3. The first kappa shape index (κ1) is 24.7. The van der Waals surface area contributed by atoms with Crippen molar-refractivity contribution in [2.24, 2.45) is 0 Å². The van der Waals surface area contributed by atoms with Gasteiger partial charge in [-0.15, -0.1) is 0 Å². The number of hydrazine groups is 1. The number of alkyl halides is 3. The fourth-order valence-electron chi connectivity index (χ4n) is 3.52. The predicted molar refractivity (Wildman–Crippen MR) is 115 cm³/mol. The molecule has 0 aromatic heterocycles. The Kier molecular flexibility index (Phi) is 7.43. The Morgan fingerprint density at radius 2 is 1.67 bits per heavy atom. The molecule has 178 valence electrons. The van der Waals surface area contributed by atoms with Crippen LogP contribution in [0.4, 0.5) is 13.2 Å². The van der Waals surface area contributed by atoms with E-state index < -0.39 is 39.5 Å². The number of hydrogen-bond donors (Lipinski definition) is 2. The third-order valence-corrected chi connectivity index (χ3v) is 7.31. The van der Waals surface area contributed by atoms with Crippen LogP contribution in [0.3, 0.4) is 0 Å². The van der Waals surface area contributed by atoms with Crippen molar-refractivity contribution in [1.82, 2.24) is 15.2 Å². The minimum absolute atomic E-state index is 0.000646. The van der Waals surface area contributed by atoms with Gasteiger partial charge < -0.3 is 0 Å². The molecule has 0 radical (unpaired) electrons. The van der Waals surface area contributed by atoms with Gasteiger partial charge in [0.05, 0.1) is 10.5 Å². The molecule has 1 heterocycles. The van der Waals surface area contributed by atoms with E-state index in [0.717, 1.165) is 25.0 Å². The van der Waals surface area contributed by atoms with Crippen molar-refractivity contribution in [3.05, 3.63) is 65.2 Å². The molecule has 0 bridgehead atoms. The molecule has 33 heavy (non-hydrogen) atoms. The van der Waals surface area contributed by atoms with Crippen molar-refractivity contribution in [2.75, 3.05) is 13.1 Å². The average molecular weight is 484 g/mol. The Bertz CT molecular complexity index is 1110. The molecule has 2 N–H and O–H groups in total. The zero-order valence-electron chi connectivity index (χ0n) is 17.9. The molecule has 1 aliphatic rings. The monoisotopic (exact) mass is 483 g/mol. The van der Waals surface area contributed by atoms with Gasteiger partial charge >= 0.3 is 6.18 Å². The highest BCUT2D eigenvalue weighted by Gasteiger charge is 2.30. The topological polar surface area (TPSA) is 95.6 Å². The number of nitrogens with zero attached hydrogens (tertiary/aromatic N) is 1. The lowest BCUT2D eigenvalue weighted by atomic mass is 9.96. The molecule has 1 fully saturated rings. The zero-order chi connectivity index (χ0) is 24.2. The Morgan fingerprint density at radius 3 is 2.27 bits per heavy atom. The summed E-state index contributed by atoms with van der Waals surface area (Å²) in [6, 6.07) is 10.1. The number of carbonyl (C=O) groups is 2. The Hall–Kier alpha value is -2.92. The van der Waals surface area contributed by atoms with Crippen LogP contribution in [-0.4, -0.2) is 37.6 Å².